The average Bonchev–Trinajstić information content (AvgIpc) is 3.40. The molecule has 1 saturated carbocycles. The van der Waals surface area contributed by atoms with Crippen molar-refractivity contribution >= 4 is 50.7 Å². The molecule has 1 fully saturated rings. The summed E-state index contributed by atoms with van der Waals surface area (Å²) in [5, 5.41) is 3.93. The normalized spacial score (nSPS) is 14.6. The Balaban J connectivity index is 1.79. The van der Waals surface area contributed by atoms with E-state index in [1.165, 1.54) is 16.3 Å². The van der Waals surface area contributed by atoms with Crippen LogP contribution in [-0.2, 0) is 26.2 Å². The molecule has 2 aromatic rings. The molecule has 39 heavy (non-hydrogen) atoms. The number of nitrogens with zero attached hydrogens (tertiary/aromatic N) is 2. The van der Waals surface area contributed by atoms with Crippen molar-refractivity contribution in [3.63, 3.8) is 0 Å². The molecule has 0 radical (unpaired) electrons. The van der Waals surface area contributed by atoms with Gasteiger partial charge in [-0.1, -0.05) is 49.0 Å². The van der Waals surface area contributed by atoms with E-state index in [-0.39, 0.29) is 43.8 Å². The van der Waals surface area contributed by atoms with Gasteiger partial charge < -0.3 is 15.0 Å². The fourth-order valence-electron chi connectivity index (χ4n) is 4.89. The van der Waals surface area contributed by atoms with Crippen LogP contribution in [0.3, 0.4) is 0 Å². The summed E-state index contributed by atoms with van der Waals surface area (Å²) in [5.41, 5.74) is 1.05. The summed E-state index contributed by atoms with van der Waals surface area (Å²) in [7, 11) is -2.06. The van der Waals surface area contributed by atoms with E-state index in [1.807, 2.05) is 6.92 Å². The number of methoxy groups -OCH3 is 1. The molecule has 0 aromatic heterocycles. The Hall–Kier alpha value is -2.49. The van der Waals surface area contributed by atoms with Crippen molar-refractivity contribution in [3.05, 3.63) is 58.1 Å². The van der Waals surface area contributed by atoms with Crippen LogP contribution >= 0.6 is 23.2 Å². The number of anilines is 1. The topological polar surface area (TPSA) is 96.0 Å². The molecule has 1 atom stereocenters. The van der Waals surface area contributed by atoms with E-state index < -0.39 is 16.1 Å². The minimum Gasteiger partial charge on any atom is -0.497 e. The third-order valence-corrected chi connectivity index (χ3v) is 8.89. The lowest BCUT2D eigenvalue weighted by Crippen LogP contribution is -2.51. The zero-order valence-corrected chi connectivity index (χ0v) is 25.0. The molecule has 0 aliphatic heterocycles. The van der Waals surface area contributed by atoms with E-state index in [2.05, 4.69) is 5.32 Å². The lowest BCUT2D eigenvalue weighted by atomic mass is 10.1. The molecule has 1 aliphatic rings. The number of halogens is 2. The Morgan fingerprint density at radius 1 is 1.08 bits per heavy atom. The second-order valence-corrected chi connectivity index (χ2v) is 12.5. The van der Waals surface area contributed by atoms with E-state index in [1.54, 1.807) is 42.5 Å². The Bertz CT molecular complexity index is 1210. The lowest BCUT2D eigenvalue weighted by molar-refractivity contribution is -0.141. The Kier molecular flexibility index (Phi) is 11.3. The van der Waals surface area contributed by atoms with Crippen LogP contribution in [-0.4, -0.2) is 57.1 Å². The number of carbonyl (C=O) groups excluding carboxylic acids is 2. The van der Waals surface area contributed by atoms with Crippen LogP contribution in [0, 0.1) is 0 Å². The van der Waals surface area contributed by atoms with E-state index in [0.717, 1.165) is 31.9 Å². The predicted molar refractivity (Wildman–Crippen MR) is 156 cm³/mol. The molecule has 0 saturated heterocycles. The highest BCUT2D eigenvalue weighted by Gasteiger charge is 2.31. The van der Waals surface area contributed by atoms with E-state index in [0.29, 0.717) is 33.5 Å². The van der Waals surface area contributed by atoms with Crippen molar-refractivity contribution in [2.75, 3.05) is 24.2 Å². The quantitative estimate of drug-likeness (QED) is 0.333. The maximum Gasteiger partial charge on any atom is 0.243 e. The van der Waals surface area contributed by atoms with E-state index in [9.17, 15) is 18.0 Å². The third-order valence-electron chi connectivity index (χ3n) is 6.99. The average molecular weight is 599 g/mol. The Morgan fingerprint density at radius 3 is 2.23 bits per heavy atom. The number of hydrogen-bond donors (Lipinski definition) is 1. The molecule has 1 unspecified atom stereocenters. The highest BCUT2D eigenvalue weighted by Crippen LogP contribution is 2.28. The first-order chi connectivity index (χ1) is 18.5. The number of hydrogen-bond acceptors (Lipinski definition) is 5. The summed E-state index contributed by atoms with van der Waals surface area (Å²) in [4.78, 5) is 28.5. The van der Waals surface area contributed by atoms with Gasteiger partial charge in [-0.2, -0.15) is 0 Å². The van der Waals surface area contributed by atoms with Crippen LogP contribution in [0.25, 0.3) is 0 Å². The number of carbonyl (C=O) groups is 2. The van der Waals surface area contributed by atoms with Gasteiger partial charge in [-0.05, 0) is 62.1 Å². The molecular formula is C28H37Cl2N3O5S. The molecule has 8 nitrogen and oxygen atoms in total. The summed E-state index contributed by atoms with van der Waals surface area (Å²) < 4.78 is 31.5. The van der Waals surface area contributed by atoms with Gasteiger partial charge in [0.05, 0.1) is 19.1 Å². The fourth-order valence-corrected chi connectivity index (χ4v) is 6.38. The van der Waals surface area contributed by atoms with Gasteiger partial charge in [0, 0.05) is 41.2 Å². The third kappa shape index (κ3) is 8.50. The molecular weight excluding hydrogens is 561 g/mol. The van der Waals surface area contributed by atoms with Gasteiger partial charge in [-0.3, -0.25) is 13.9 Å². The monoisotopic (exact) mass is 597 g/mol. The van der Waals surface area contributed by atoms with Gasteiger partial charge in [-0.25, -0.2) is 8.42 Å². The number of ether oxygens (including phenoxy) is 1. The minimum absolute atomic E-state index is 0.0391. The molecule has 0 bridgehead atoms. The second kappa shape index (κ2) is 14.2. The van der Waals surface area contributed by atoms with Gasteiger partial charge in [0.2, 0.25) is 21.8 Å². The number of nitrogens with one attached hydrogen (secondary N) is 1. The maximum atomic E-state index is 13.6. The summed E-state index contributed by atoms with van der Waals surface area (Å²) in [6, 6.07) is 11.2. The summed E-state index contributed by atoms with van der Waals surface area (Å²) in [5.74, 6) is 0.136. The first-order valence-electron chi connectivity index (χ1n) is 13.2. The summed E-state index contributed by atoms with van der Waals surface area (Å²) in [6.07, 6.45) is 5.84. The highest BCUT2D eigenvalue weighted by atomic mass is 35.5. The van der Waals surface area contributed by atoms with Crippen molar-refractivity contribution in [1.29, 1.82) is 0 Å². The van der Waals surface area contributed by atoms with Gasteiger partial charge in [-0.15, -0.1) is 0 Å². The van der Waals surface area contributed by atoms with Gasteiger partial charge in [0.1, 0.15) is 11.8 Å². The molecule has 0 spiro atoms. The van der Waals surface area contributed by atoms with Crippen LogP contribution in [0.5, 0.6) is 5.75 Å². The molecule has 1 aliphatic carbocycles. The first-order valence-corrected chi connectivity index (χ1v) is 15.8. The zero-order chi connectivity index (χ0) is 28.6. The van der Waals surface area contributed by atoms with Crippen molar-refractivity contribution in [2.24, 2.45) is 0 Å². The number of rotatable bonds is 13. The molecule has 214 valence electrons. The maximum absolute atomic E-state index is 13.6. The van der Waals surface area contributed by atoms with Crippen LogP contribution in [0.2, 0.25) is 10.0 Å². The second-order valence-electron chi connectivity index (χ2n) is 9.77. The van der Waals surface area contributed by atoms with Crippen LogP contribution < -0.4 is 14.4 Å². The molecule has 0 heterocycles. The predicted octanol–water partition coefficient (Wildman–Crippen LogP) is 5.41. The fraction of sp³-hybridized carbons (Fsp3) is 0.500. The molecule has 2 aromatic carbocycles. The van der Waals surface area contributed by atoms with Crippen molar-refractivity contribution in [1.82, 2.24) is 10.2 Å². The van der Waals surface area contributed by atoms with Crippen molar-refractivity contribution < 1.29 is 22.7 Å². The largest absolute Gasteiger partial charge is 0.497 e. The molecule has 1 N–H and O–H groups in total. The number of sulfonamides is 1. The summed E-state index contributed by atoms with van der Waals surface area (Å²) >= 11 is 12.8. The number of amides is 2. The van der Waals surface area contributed by atoms with Gasteiger partial charge in [0.15, 0.2) is 0 Å². The zero-order valence-electron chi connectivity index (χ0n) is 22.7. The Morgan fingerprint density at radius 2 is 1.69 bits per heavy atom. The van der Waals surface area contributed by atoms with Crippen molar-refractivity contribution in [2.45, 2.75) is 70.5 Å². The van der Waals surface area contributed by atoms with Gasteiger partial charge >= 0.3 is 0 Å². The molecule has 3 rings (SSSR count). The SMILES string of the molecule is CCC(C(=O)NC1CCCC1)N(Cc1c(Cl)cccc1Cl)C(=O)CCCN(c1ccc(OC)cc1)S(C)(=O)=O. The van der Waals surface area contributed by atoms with Gasteiger partial charge in [0.25, 0.3) is 0 Å². The highest BCUT2D eigenvalue weighted by molar-refractivity contribution is 7.92. The standard InChI is InChI=1S/C28H37Cl2N3O5S/c1-4-26(28(35)31-20-9-5-6-10-20)32(19-23-24(29)11-7-12-25(23)30)27(34)13-8-18-33(39(3,36)37)21-14-16-22(38-2)17-15-21/h7,11-12,14-17,20,26H,4-6,8-10,13,18-19H2,1-3H3,(H,31,35). The molecule has 11 heteroatoms. The minimum atomic E-state index is -3.59. The van der Waals surface area contributed by atoms with E-state index >= 15 is 0 Å². The lowest BCUT2D eigenvalue weighted by Gasteiger charge is -2.32. The first kappa shape index (κ1) is 31.0. The van der Waals surface area contributed by atoms with E-state index in [4.69, 9.17) is 27.9 Å². The Labute approximate surface area is 241 Å². The smallest absolute Gasteiger partial charge is 0.243 e. The number of benzene rings is 2. The molecule has 2 amide bonds. The van der Waals surface area contributed by atoms with Crippen LogP contribution in [0.15, 0.2) is 42.5 Å². The van der Waals surface area contributed by atoms with Crippen LogP contribution in [0.4, 0.5) is 5.69 Å². The van der Waals surface area contributed by atoms with Crippen LogP contribution in [0.1, 0.15) is 57.4 Å². The van der Waals surface area contributed by atoms with Crippen molar-refractivity contribution in [3.8, 4) is 5.75 Å². The summed E-state index contributed by atoms with van der Waals surface area (Å²) in [6.45, 7) is 2.04.